The van der Waals surface area contributed by atoms with E-state index < -0.39 is 12.0 Å². The van der Waals surface area contributed by atoms with Gasteiger partial charge in [0.25, 0.3) is 0 Å². The quantitative estimate of drug-likeness (QED) is 0.572. The number of aromatic hydroxyl groups is 1. The average molecular weight is 423 g/mol. The standard InChI is InChI=1S/C23H26N4O4/c1-3-26(4-2)13-14-27-17-10-6-5-9-16(17)21(23(27)29)24-25-22(28)20-15-30-18-11-7-8-12-19(18)31-20/h5-12,20,29H,3-4,13-15H2,1-2H3/p+1/t20-/m1/s1. The Hall–Kier alpha value is -3.39. The number of para-hydroxylation sites is 3. The number of quaternary nitrogens is 1. The topological polar surface area (TPSA) is 89.9 Å². The van der Waals surface area contributed by atoms with Gasteiger partial charge in [0.15, 0.2) is 17.2 Å². The van der Waals surface area contributed by atoms with Crippen LogP contribution >= 0.6 is 0 Å². The molecule has 0 aliphatic carbocycles. The van der Waals surface area contributed by atoms with Gasteiger partial charge >= 0.3 is 5.91 Å². The molecular formula is C23H27N4O4+. The first-order valence-electron chi connectivity index (χ1n) is 10.6. The molecular weight excluding hydrogens is 396 g/mol. The van der Waals surface area contributed by atoms with Gasteiger partial charge in [0.2, 0.25) is 12.0 Å². The number of ether oxygens (including phenoxy) is 2. The van der Waals surface area contributed by atoms with Gasteiger partial charge < -0.3 is 24.0 Å². The number of likely N-dealkylation sites (N-methyl/N-ethyl adjacent to an activating group) is 1. The van der Waals surface area contributed by atoms with E-state index in [2.05, 4.69) is 24.1 Å². The van der Waals surface area contributed by atoms with E-state index in [1.54, 1.807) is 12.1 Å². The molecule has 1 aliphatic rings. The number of aromatic nitrogens is 1. The average Bonchev–Trinajstić information content (AvgIpc) is 3.08. The minimum Gasteiger partial charge on any atom is -0.493 e. The van der Waals surface area contributed by atoms with Gasteiger partial charge in [-0.05, 0) is 32.0 Å². The Balaban J connectivity index is 1.56. The van der Waals surface area contributed by atoms with Crippen molar-refractivity contribution in [1.29, 1.82) is 0 Å². The predicted molar refractivity (Wildman–Crippen MR) is 116 cm³/mol. The summed E-state index contributed by atoms with van der Waals surface area (Å²) in [5.41, 5.74) is 1.15. The number of fused-ring (bicyclic) bond motifs is 2. The number of amides is 1. The van der Waals surface area contributed by atoms with Gasteiger partial charge in [-0.3, -0.25) is 4.79 Å². The molecule has 2 N–H and O–H groups in total. The maximum atomic E-state index is 12.6. The molecule has 1 atom stereocenters. The van der Waals surface area contributed by atoms with Crippen molar-refractivity contribution in [3.8, 4) is 17.4 Å². The smallest absolute Gasteiger partial charge is 0.308 e. The highest BCUT2D eigenvalue weighted by atomic mass is 16.6. The van der Waals surface area contributed by atoms with Crippen molar-refractivity contribution in [2.45, 2.75) is 26.5 Å². The lowest BCUT2D eigenvalue weighted by molar-refractivity contribution is -0.897. The Labute approximate surface area is 180 Å². The first kappa shape index (κ1) is 20.9. The normalized spacial score (nSPS) is 15.8. The highest BCUT2D eigenvalue weighted by Gasteiger charge is 2.27. The summed E-state index contributed by atoms with van der Waals surface area (Å²) in [5, 5.41) is 19.6. The minimum absolute atomic E-state index is 0.00969. The molecule has 8 heteroatoms. The zero-order valence-electron chi connectivity index (χ0n) is 17.7. The molecule has 0 fully saturated rings. The van der Waals surface area contributed by atoms with Crippen LogP contribution in [-0.4, -0.2) is 47.9 Å². The Morgan fingerprint density at radius 1 is 1.13 bits per heavy atom. The summed E-state index contributed by atoms with van der Waals surface area (Å²) in [6.07, 6.45) is -0.875. The maximum Gasteiger partial charge on any atom is 0.308 e. The molecule has 1 aromatic heterocycles. The number of benzene rings is 2. The molecule has 1 aliphatic heterocycles. The number of hydrogen-bond donors (Lipinski definition) is 2. The van der Waals surface area contributed by atoms with Crippen LogP contribution in [0, 0.1) is 0 Å². The van der Waals surface area contributed by atoms with Crippen molar-refractivity contribution in [3.63, 3.8) is 0 Å². The Kier molecular flexibility index (Phi) is 6.18. The van der Waals surface area contributed by atoms with Gasteiger partial charge in [-0.15, -0.1) is 10.2 Å². The molecule has 0 bridgehead atoms. The highest BCUT2D eigenvalue weighted by Crippen LogP contribution is 2.39. The maximum absolute atomic E-state index is 12.6. The van der Waals surface area contributed by atoms with Crippen LogP contribution in [-0.2, 0) is 11.3 Å². The summed E-state index contributed by atoms with van der Waals surface area (Å²) in [5.74, 6) is 0.550. The van der Waals surface area contributed by atoms with E-state index in [1.165, 1.54) is 4.90 Å². The summed E-state index contributed by atoms with van der Waals surface area (Å²) in [6, 6.07) is 14.8. The van der Waals surface area contributed by atoms with Crippen molar-refractivity contribution in [3.05, 3.63) is 48.5 Å². The molecule has 3 aromatic rings. The number of hydrogen-bond acceptors (Lipinski definition) is 5. The van der Waals surface area contributed by atoms with Gasteiger partial charge in [-0.1, -0.05) is 30.3 Å². The summed E-state index contributed by atoms with van der Waals surface area (Å²) >= 11 is 0. The van der Waals surface area contributed by atoms with E-state index in [9.17, 15) is 9.90 Å². The predicted octanol–water partition coefficient (Wildman–Crippen LogP) is 2.72. The lowest BCUT2D eigenvalue weighted by Gasteiger charge is -2.23. The van der Waals surface area contributed by atoms with Crippen molar-refractivity contribution in [2.75, 3.05) is 26.2 Å². The second kappa shape index (κ2) is 9.18. The van der Waals surface area contributed by atoms with Crippen LogP contribution in [0.4, 0.5) is 5.69 Å². The van der Waals surface area contributed by atoms with Gasteiger partial charge in [0.1, 0.15) is 6.61 Å². The highest BCUT2D eigenvalue weighted by molar-refractivity contribution is 5.95. The van der Waals surface area contributed by atoms with E-state index in [0.29, 0.717) is 18.0 Å². The minimum atomic E-state index is -0.875. The largest absolute Gasteiger partial charge is 0.493 e. The number of nitrogens with one attached hydrogen (secondary N) is 1. The second-order valence-electron chi connectivity index (χ2n) is 7.45. The van der Waals surface area contributed by atoms with Crippen LogP contribution in [0.15, 0.2) is 58.8 Å². The first-order chi connectivity index (χ1) is 15.1. The van der Waals surface area contributed by atoms with E-state index in [4.69, 9.17) is 9.47 Å². The Morgan fingerprint density at radius 3 is 2.61 bits per heavy atom. The Morgan fingerprint density at radius 2 is 1.84 bits per heavy atom. The molecule has 4 rings (SSSR count). The number of carbonyl (C=O) groups excluding carboxylic acids is 1. The third kappa shape index (κ3) is 4.25. The summed E-state index contributed by atoms with van der Waals surface area (Å²) in [6.45, 7) is 7.91. The lowest BCUT2D eigenvalue weighted by atomic mass is 10.2. The zero-order valence-corrected chi connectivity index (χ0v) is 17.7. The molecule has 2 aromatic carbocycles. The fourth-order valence-electron chi connectivity index (χ4n) is 3.77. The van der Waals surface area contributed by atoms with Gasteiger partial charge in [-0.2, -0.15) is 0 Å². The third-order valence-electron chi connectivity index (χ3n) is 5.64. The van der Waals surface area contributed by atoms with Crippen LogP contribution in [0.3, 0.4) is 0 Å². The lowest BCUT2D eigenvalue weighted by Crippen LogP contribution is -3.11. The first-order valence-corrected chi connectivity index (χ1v) is 10.6. The summed E-state index contributed by atoms with van der Waals surface area (Å²) in [4.78, 5) is 14.0. The zero-order chi connectivity index (χ0) is 21.8. The third-order valence-corrected chi connectivity index (χ3v) is 5.64. The van der Waals surface area contributed by atoms with E-state index >= 15 is 0 Å². The van der Waals surface area contributed by atoms with Crippen molar-refractivity contribution in [1.82, 2.24) is 4.57 Å². The SMILES string of the molecule is CC[NH+](CC)CCn1c(O)c(N=NC(=O)[C@H]2COc3ccccc3O2)c2ccccc21. The van der Waals surface area contributed by atoms with Crippen molar-refractivity contribution >= 4 is 22.5 Å². The fourth-order valence-corrected chi connectivity index (χ4v) is 3.77. The van der Waals surface area contributed by atoms with Crippen molar-refractivity contribution in [2.24, 2.45) is 10.2 Å². The van der Waals surface area contributed by atoms with Gasteiger partial charge in [-0.25, -0.2) is 0 Å². The van der Waals surface area contributed by atoms with E-state index in [1.807, 2.05) is 41.0 Å². The molecule has 8 nitrogen and oxygen atoms in total. The molecule has 1 amide bonds. The molecule has 2 heterocycles. The van der Waals surface area contributed by atoms with Crippen LogP contribution < -0.4 is 14.4 Å². The second-order valence-corrected chi connectivity index (χ2v) is 7.45. The molecule has 0 spiro atoms. The monoisotopic (exact) mass is 423 g/mol. The van der Waals surface area contributed by atoms with Crippen LogP contribution in [0.5, 0.6) is 17.4 Å². The number of carbonyl (C=O) groups is 1. The molecule has 0 unspecified atom stereocenters. The van der Waals surface area contributed by atoms with E-state index in [0.717, 1.165) is 30.5 Å². The molecule has 0 saturated heterocycles. The number of rotatable bonds is 7. The Bertz CT molecular complexity index is 1100. The number of azo groups is 1. The molecule has 31 heavy (non-hydrogen) atoms. The van der Waals surface area contributed by atoms with Gasteiger partial charge in [0, 0.05) is 5.39 Å². The molecule has 162 valence electrons. The van der Waals surface area contributed by atoms with Crippen LogP contribution in [0.2, 0.25) is 0 Å². The summed E-state index contributed by atoms with van der Waals surface area (Å²) < 4.78 is 13.1. The van der Waals surface area contributed by atoms with Gasteiger partial charge in [0.05, 0.1) is 31.7 Å². The van der Waals surface area contributed by atoms with Crippen LogP contribution in [0.1, 0.15) is 13.8 Å². The van der Waals surface area contributed by atoms with Crippen LogP contribution in [0.25, 0.3) is 10.9 Å². The number of nitrogens with zero attached hydrogens (tertiary/aromatic N) is 3. The molecule has 0 saturated carbocycles. The van der Waals surface area contributed by atoms with E-state index in [-0.39, 0.29) is 18.2 Å². The fraction of sp³-hybridized carbons (Fsp3) is 0.348. The van der Waals surface area contributed by atoms with Crippen molar-refractivity contribution < 1.29 is 24.3 Å². The summed E-state index contributed by atoms with van der Waals surface area (Å²) in [7, 11) is 0. The molecule has 0 radical (unpaired) electrons.